The summed E-state index contributed by atoms with van der Waals surface area (Å²) < 4.78 is 0. The van der Waals surface area contributed by atoms with Gasteiger partial charge in [-0.3, -0.25) is 0 Å². The third-order valence-corrected chi connectivity index (χ3v) is 5.81. The van der Waals surface area contributed by atoms with Crippen LogP contribution in [0.4, 0.5) is 5.69 Å². The highest BCUT2D eigenvalue weighted by atomic mass is 35.5. The second kappa shape index (κ2) is 8.60. The number of halogens is 1. The molecule has 0 unspecified atom stereocenters. The van der Waals surface area contributed by atoms with Crippen molar-refractivity contribution in [1.82, 2.24) is 0 Å². The third kappa shape index (κ3) is 4.52. The van der Waals surface area contributed by atoms with Gasteiger partial charge in [0, 0.05) is 10.7 Å². The smallest absolute Gasteiger partial charge is 0.0949 e. The van der Waals surface area contributed by atoms with Gasteiger partial charge in [0.15, 0.2) is 0 Å². The highest BCUT2D eigenvalue weighted by Gasteiger charge is 2.25. The Morgan fingerprint density at radius 3 is 1.78 bits per heavy atom. The van der Waals surface area contributed by atoms with Crippen molar-refractivity contribution in [2.24, 2.45) is 0 Å². The Morgan fingerprint density at radius 1 is 0.741 bits per heavy atom. The Bertz CT molecular complexity index is 786. The van der Waals surface area contributed by atoms with Crippen LogP contribution in [-0.4, -0.2) is 32.7 Å². The number of anilines is 1. The highest BCUT2D eigenvalue weighted by molar-refractivity contribution is 6.30. The molecule has 138 valence electrons. The number of hydrogen-bond acceptors (Lipinski definition) is 1. The van der Waals surface area contributed by atoms with E-state index < -0.39 is 0 Å². The van der Waals surface area contributed by atoms with Gasteiger partial charge in [-0.25, -0.2) is 0 Å². The molecule has 1 heterocycles. The largest absolute Gasteiger partial charge is 0.360 e. The second-order valence-electron chi connectivity index (χ2n) is 7.29. The predicted octanol–water partition coefficient (Wildman–Crippen LogP) is 3.88. The van der Waals surface area contributed by atoms with Gasteiger partial charge in [-0.2, -0.15) is 0 Å². The fourth-order valence-electron chi connectivity index (χ4n) is 4.02. The topological polar surface area (TPSA) is 7.68 Å². The van der Waals surface area contributed by atoms with Crippen LogP contribution in [0.5, 0.6) is 0 Å². The van der Waals surface area contributed by atoms with Crippen molar-refractivity contribution in [3.8, 4) is 0 Å². The van der Waals surface area contributed by atoms with Crippen LogP contribution < -0.4 is 9.80 Å². The van der Waals surface area contributed by atoms with Crippen molar-refractivity contribution < 1.29 is 4.90 Å². The fourth-order valence-corrected chi connectivity index (χ4v) is 4.15. The number of rotatable bonds is 5. The van der Waals surface area contributed by atoms with Crippen molar-refractivity contribution in [3.05, 3.63) is 101 Å². The van der Waals surface area contributed by atoms with Crippen molar-refractivity contribution >= 4 is 17.3 Å². The molecule has 1 fully saturated rings. The van der Waals surface area contributed by atoms with E-state index >= 15 is 0 Å². The van der Waals surface area contributed by atoms with Crippen LogP contribution in [0.25, 0.3) is 0 Å². The molecule has 0 amide bonds. The van der Waals surface area contributed by atoms with Crippen LogP contribution in [-0.2, 0) is 0 Å². The van der Waals surface area contributed by atoms with E-state index in [1.165, 1.54) is 29.9 Å². The number of quaternary nitrogens is 1. The minimum atomic E-state index is 0.449. The molecule has 0 aliphatic carbocycles. The van der Waals surface area contributed by atoms with Gasteiger partial charge in [0.05, 0.1) is 38.6 Å². The molecular weight excluding hydrogens is 352 g/mol. The SMILES string of the molecule is Clc1ccc(N2CC[NH+](CC(c3ccccc3)c3ccccc3)CC2)cc1. The lowest BCUT2D eigenvalue weighted by atomic mass is 9.90. The molecule has 1 aliphatic heterocycles. The van der Waals surface area contributed by atoms with Crippen LogP contribution in [0.1, 0.15) is 17.0 Å². The fraction of sp³-hybridized carbons (Fsp3) is 0.250. The third-order valence-electron chi connectivity index (χ3n) is 5.56. The molecular formula is C24H26ClN2+. The quantitative estimate of drug-likeness (QED) is 0.709. The van der Waals surface area contributed by atoms with E-state index in [-0.39, 0.29) is 0 Å². The molecule has 0 radical (unpaired) electrons. The van der Waals surface area contributed by atoms with E-state index in [4.69, 9.17) is 11.6 Å². The number of nitrogens with zero attached hydrogens (tertiary/aromatic N) is 1. The molecule has 0 saturated carbocycles. The van der Waals surface area contributed by atoms with Crippen LogP contribution >= 0.6 is 11.6 Å². The van der Waals surface area contributed by atoms with E-state index in [2.05, 4.69) is 77.7 Å². The molecule has 2 nitrogen and oxygen atoms in total. The monoisotopic (exact) mass is 377 g/mol. The average molecular weight is 378 g/mol. The molecule has 27 heavy (non-hydrogen) atoms. The van der Waals surface area contributed by atoms with Gasteiger partial charge >= 0.3 is 0 Å². The van der Waals surface area contributed by atoms with E-state index in [9.17, 15) is 0 Å². The Labute approximate surface area is 167 Å². The number of benzene rings is 3. The van der Waals surface area contributed by atoms with Gasteiger partial charge < -0.3 is 9.80 Å². The second-order valence-corrected chi connectivity index (χ2v) is 7.73. The summed E-state index contributed by atoms with van der Waals surface area (Å²) in [4.78, 5) is 4.15. The first kappa shape index (κ1) is 18.1. The highest BCUT2D eigenvalue weighted by Crippen LogP contribution is 2.23. The molecule has 0 atom stereocenters. The van der Waals surface area contributed by atoms with Crippen LogP contribution in [0.3, 0.4) is 0 Å². The lowest BCUT2D eigenvalue weighted by Crippen LogP contribution is -3.15. The van der Waals surface area contributed by atoms with Gasteiger partial charge in [0.25, 0.3) is 0 Å². The molecule has 4 rings (SSSR count). The summed E-state index contributed by atoms with van der Waals surface area (Å²) in [5.41, 5.74) is 4.11. The van der Waals surface area contributed by atoms with Crippen molar-refractivity contribution in [2.45, 2.75) is 5.92 Å². The Hall–Kier alpha value is -2.29. The van der Waals surface area contributed by atoms with Crippen molar-refractivity contribution in [1.29, 1.82) is 0 Å². The molecule has 1 N–H and O–H groups in total. The lowest BCUT2D eigenvalue weighted by Gasteiger charge is -2.35. The van der Waals surface area contributed by atoms with E-state index in [0.717, 1.165) is 24.7 Å². The first-order valence-electron chi connectivity index (χ1n) is 9.73. The van der Waals surface area contributed by atoms with Crippen LogP contribution in [0, 0.1) is 0 Å². The minimum absolute atomic E-state index is 0.449. The first-order chi connectivity index (χ1) is 13.3. The van der Waals surface area contributed by atoms with Gasteiger partial charge in [-0.1, -0.05) is 72.3 Å². The molecule has 3 aromatic rings. The summed E-state index contributed by atoms with van der Waals surface area (Å²) in [6.07, 6.45) is 0. The van der Waals surface area contributed by atoms with E-state index in [0.29, 0.717) is 5.92 Å². The summed E-state index contributed by atoms with van der Waals surface area (Å²) in [7, 11) is 0. The zero-order chi connectivity index (χ0) is 18.5. The molecule has 0 spiro atoms. The Balaban J connectivity index is 1.44. The summed E-state index contributed by atoms with van der Waals surface area (Å²) in [6.45, 7) is 5.65. The number of nitrogens with one attached hydrogen (secondary N) is 1. The maximum Gasteiger partial charge on any atom is 0.0949 e. The lowest BCUT2D eigenvalue weighted by molar-refractivity contribution is -0.901. The van der Waals surface area contributed by atoms with E-state index in [1.54, 1.807) is 4.90 Å². The zero-order valence-electron chi connectivity index (χ0n) is 15.5. The molecule has 1 saturated heterocycles. The molecule has 0 aromatic heterocycles. The molecule has 1 aliphatic rings. The Morgan fingerprint density at radius 2 is 1.26 bits per heavy atom. The predicted molar refractivity (Wildman–Crippen MR) is 114 cm³/mol. The molecule has 3 heteroatoms. The van der Waals surface area contributed by atoms with Crippen molar-refractivity contribution in [2.75, 3.05) is 37.6 Å². The number of hydrogen-bond donors (Lipinski definition) is 1. The minimum Gasteiger partial charge on any atom is -0.360 e. The van der Waals surface area contributed by atoms with Gasteiger partial charge in [-0.15, -0.1) is 0 Å². The normalized spacial score (nSPS) is 15.3. The number of piperazine rings is 1. The summed E-state index contributed by atoms with van der Waals surface area (Å²) in [6, 6.07) is 30.1. The summed E-state index contributed by atoms with van der Waals surface area (Å²) in [5, 5.41) is 0.802. The molecule has 0 bridgehead atoms. The maximum atomic E-state index is 6.02. The summed E-state index contributed by atoms with van der Waals surface area (Å²) in [5.74, 6) is 0.449. The van der Waals surface area contributed by atoms with Crippen molar-refractivity contribution in [3.63, 3.8) is 0 Å². The van der Waals surface area contributed by atoms with Crippen LogP contribution in [0.15, 0.2) is 84.9 Å². The van der Waals surface area contributed by atoms with Gasteiger partial charge in [0.1, 0.15) is 0 Å². The zero-order valence-corrected chi connectivity index (χ0v) is 16.3. The summed E-state index contributed by atoms with van der Waals surface area (Å²) >= 11 is 6.02. The van der Waals surface area contributed by atoms with Gasteiger partial charge in [-0.05, 0) is 35.4 Å². The van der Waals surface area contributed by atoms with Gasteiger partial charge in [0.2, 0.25) is 0 Å². The van der Waals surface area contributed by atoms with E-state index in [1.807, 2.05) is 12.1 Å². The first-order valence-corrected chi connectivity index (χ1v) is 10.1. The standard InChI is InChI=1S/C24H25ClN2/c25-22-11-13-23(14-12-22)27-17-15-26(16-18-27)19-24(20-7-3-1-4-8-20)21-9-5-2-6-10-21/h1-14,24H,15-19H2/p+1. The maximum absolute atomic E-state index is 6.02. The Kier molecular flexibility index (Phi) is 5.76. The average Bonchev–Trinajstić information content (AvgIpc) is 2.74. The van der Waals surface area contributed by atoms with Crippen LogP contribution in [0.2, 0.25) is 5.02 Å². The molecule has 3 aromatic carbocycles.